The molecule has 2 rings (SSSR count). The number of carbonyl (C=O) groups is 1. The summed E-state index contributed by atoms with van der Waals surface area (Å²) in [5.74, 6) is 1.03. The van der Waals surface area contributed by atoms with Crippen LogP contribution < -0.4 is 0 Å². The molecular weight excluding hydrogens is 258 g/mol. The lowest BCUT2D eigenvalue weighted by atomic mass is 10.3. The highest BCUT2D eigenvalue weighted by Gasteiger charge is 2.19. The van der Waals surface area contributed by atoms with Crippen molar-refractivity contribution in [2.45, 2.75) is 26.4 Å². The molecule has 1 amide bonds. The zero-order valence-electron chi connectivity index (χ0n) is 12.4. The third-order valence-corrected chi connectivity index (χ3v) is 3.38. The molecule has 2 heterocycles. The number of morpholine rings is 1. The van der Waals surface area contributed by atoms with E-state index in [-0.39, 0.29) is 5.91 Å². The number of amides is 1. The maximum absolute atomic E-state index is 12.1. The van der Waals surface area contributed by atoms with Crippen LogP contribution in [0.1, 0.15) is 25.7 Å². The van der Waals surface area contributed by atoms with Crippen molar-refractivity contribution in [2.24, 2.45) is 0 Å². The van der Waals surface area contributed by atoms with Gasteiger partial charge in [-0.25, -0.2) is 0 Å². The van der Waals surface area contributed by atoms with Crippen LogP contribution in [-0.2, 0) is 16.1 Å². The van der Waals surface area contributed by atoms with Gasteiger partial charge in [-0.05, 0) is 20.9 Å². The Bertz CT molecular complexity index is 440. The first-order chi connectivity index (χ1) is 9.58. The quantitative estimate of drug-likeness (QED) is 0.769. The molecule has 1 aliphatic rings. The Balaban J connectivity index is 1.86. The van der Waals surface area contributed by atoms with Gasteiger partial charge in [0.1, 0.15) is 12.2 Å². The number of nitrogens with zero attached hydrogens (tertiary/aromatic N) is 5. The molecule has 0 aromatic carbocycles. The van der Waals surface area contributed by atoms with Crippen LogP contribution in [0.2, 0.25) is 0 Å². The van der Waals surface area contributed by atoms with Crippen LogP contribution >= 0.6 is 0 Å². The topological polar surface area (TPSA) is 63.5 Å². The van der Waals surface area contributed by atoms with Crippen molar-refractivity contribution in [3.05, 3.63) is 12.2 Å². The first-order valence-corrected chi connectivity index (χ1v) is 7.00. The van der Waals surface area contributed by atoms with E-state index in [9.17, 15) is 4.79 Å². The monoisotopic (exact) mass is 281 g/mol. The fourth-order valence-electron chi connectivity index (χ4n) is 2.25. The fraction of sp³-hybridized carbons (Fsp3) is 0.769. The molecule has 1 aromatic heterocycles. The van der Waals surface area contributed by atoms with Crippen LogP contribution in [0.4, 0.5) is 0 Å². The van der Waals surface area contributed by atoms with E-state index in [0.717, 1.165) is 5.82 Å². The van der Waals surface area contributed by atoms with Gasteiger partial charge in [-0.3, -0.25) is 9.69 Å². The van der Waals surface area contributed by atoms with Gasteiger partial charge in [-0.2, -0.15) is 0 Å². The largest absolute Gasteiger partial charge is 0.378 e. The lowest BCUT2D eigenvalue weighted by Crippen LogP contribution is -2.45. The Morgan fingerprint density at radius 1 is 1.45 bits per heavy atom. The Labute approximate surface area is 119 Å². The first kappa shape index (κ1) is 14.9. The van der Waals surface area contributed by atoms with Crippen molar-refractivity contribution in [1.29, 1.82) is 0 Å². The summed E-state index contributed by atoms with van der Waals surface area (Å²) in [6.07, 6.45) is 1.73. The van der Waals surface area contributed by atoms with E-state index >= 15 is 0 Å². The molecule has 0 atom stereocenters. The summed E-state index contributed by atoms with van der Waals surface area (Å²) >= 11 is 0. The van der Waals surface area contributed by atoms with E-state index in [1.165, 1.54) is 0 Å². The second-order valence-corrected chi connectivity index (χ2v) is 5.41. The molecule has 0 bridgehead atoms. The molecule has 1 aliphatic heterocycles. The highest BCUT2D eigenvalue weighted by molar-refractivity contribution is 5.78. The molecule has 1 saturated heterocycles. The van der Waals surface area contributed by atoms with Crippen LogP contribution in [-0.4, -0.2) is 70.4 Å². The Morgan fingerprint density at radius 3 is 2.80 bits per heavy atom. The maximum atomic E-state index is 12.1. The smallest absolute Gasteiger partial charge is 0.236 e. The predicted molar refractivity (Wildman–Crippen MR) is 74.1 cm³/mol. The summed E-state index contributed by atoms with van der Waals surface area (Å²) in [5, 5.41) is 8.06. The molecule has 7 heteroatoms. The van der Waals surface area contributed by atoms with Gasteiger partial charge in [0, 0.05) is 19.1 Å². The van der Waals surface area contributed by atoms with E-state index in [4.69, 9.17) is 4.74 Å². The standard InChI is InChI=1S/C13H23N5O2/c1-11(2)18-10-14-15-12(18)8-16(3)9-13(19)17-4-6-20-7-5-17/h10-11H,4-9H2,1-3H3. The van der Waals surface area contributed by atoms with Gasteiger partial charge < -0.3 is 14.2 Å². The number of rotatable bonds is 5. The van der Waals surface area contributed by atoms with Crippen LogP contribution in [0, 0.1) is 0 Å². The predicted octanol–water partition coefficient (Wildman–Crippen LogP) is 0.150. The van der Waals surface area contributed by atoms with Crippen LogP contribution in [0.25, 0.3) is 0 Å². The SMILES string of the molecule is CC(C)n1cnnc1CN(C)CC(=O)N1CCOCC1. The molecule has 0 N–H and O–H groups in total. The average molecular weight is 281 g/mol. The summed E-state index contributed by atoms with van der Waals surface area (Å²) in [5.41, 5.74) is 0. The van der Waals surface area contributed by atoms with Crippen LogP contribution in [0.15, 0.2) is 6.33 Å². The molecule has 1 aromatic rings. The Kier molecular flexibility index (Phi) is 5.08. The fourth-order valence-corrected chi connectivity index (χ4v) is 2.25. The zero-order valence-corrected chi connectivity index (χ0v) is 12.4. The summed E-state index contributed by atoms with van der Waals surface area (Å²) in [7, 11) is 1.93. The molecular formula is C13H23N5O2. The van der Waals surface area contributed by atoms with Crippen LogP contribution in [0.5, 0.6) is 0 Å². The van der Waals surface area contributed by atoms with Gasteiger partial charge in [0.25, 0.3) is 0 Å². The third kappa shape index (κ3) is 3.77. The van der Waals surface area contributed by atoms with E-state index < -0.39 is 0 Å². The normalized spacial score (nSPS) is 16.1. The van der Waals surface area contributed by atoms with E-state index in [2.05, 4.69) is 24.0 Å². The van der Waals surface area contributed by atoms with Crippen molar-refractivity contribution in [1.82, 2.24) is 24.6 Å². The van der Waals surface area contributed by atoms with Gasteiger partial charge in [0.2, 0.25) is 5.91 Å². The molecule has 0 saturated carbocycles. The molecule has 0 unspecified atom stereocenters. The molecule has 0 aliphatic carbocycles. The lowest BCUT2D eigenvalue weighted by molar-refractivity contribution is -0.136. The maximum Gasteiger partial charge on any atom is 0.236 e. The number of ether oxygens (including phenoxy) is 1. The summed E-state index contributed by atoms with van der Waals surface area (Å²) in [6, 6.07) is 0.323. The summed E-state index contributed by atoms with van der Waals surface area (Å²) < 4.78 is 7.28. The van der Waals surface area contributed by atoms with Gasteiger partial charge in [0.15, 0.2) is 0 Å². The van der Waals surface area contributed by atoms with Crippen molar-refractivity contribution >= 4 is 5.91 Å². The molecule has 1 fully saturated rings. The first-order valence-electron chi connectivity index (χ1n) is 7.00. The minimum absolute atomic E-state index is 0.145. The van der Waals surface area contributed by atoms with E-state index in [1.54, 1.807) is 6.33 Å². The average Bonchev–Trinajstić information content (AvgIpc) is 2.87. The second kappa shape index (κ2) is 6.81. The molecule has 7 nitrogen and oxygen atoms in total. The third-order valence-electron chi connectivity index (χ3n) is 3.38. The number of carbonyl (C=O) groups excluding carboxylic acids is 1. The van der Waals surface area contributed by atoms with Gasteiger partial charge in [-0.15, -0.1) is 10.2 Å². The minimum Gasteiger partial charge on any atom is -0.378 e. The van der Waals surface area contributed by atoms with Crippen molar-refractivity contribution in [2.75, 3.05) is 39.9 Å². The lowest BCUT2D eigenvalue weighted by Gasteiger charge is -2.28. The highest BCUT2D eigenvalue weighted by Crippen LogP contribution is 2.08. The summed E-state index contributed by atoms with van der Waals surface area (Å²) in [6.45, 7) is 7.84. The number of likely N-dealkylation sites (N-methyl/N-ethyl adjacent to an activating group) is 1. The molecule has 0 radical (unpaired) electrons. The number of hydrogen-bond acceptors (Lipinski definition) is 5. The Hall–Kier alpha value is -1.47. The molecule has 20 heavy (non-hydrogen) atoms. The van der Waals surface area contributed by atoms with Gasteiger partial charge in [-0.1, -0.05) is 0 Å². The molecule has 0 spiro atoms. The van der Waals surface area contributed by atoms with Crippen LogP contribution in [0.3, 0.4) is 0 Å². The van der Waals surface area contributed by atoms with Gasteiger partial charge >= 0.3 is 0 Å². The summed E-state index contributed by atoms with van der Waals surface area (Å²) in [4.78, 5) is 16.0. The number of hydrogen-bond donors (Lipinski definition) is 0. The molecule has 112 valence electrons. The van der Waals surface area contributed by atoms with E-state index in [0.29, 0.717) is 45.4 Å². The van der Waals surface area contributed by atoms with Crippen molar-refractivity contribution in [3.8, 4) is 0 Å². The van der Waals surface area contributed by atoms with Crippen molar-refractivity contribution < 1.29 is 9.53 Å². The zero-order chi connectivity index (χ0) is 14.5. The van der Waals surface area contributed by atoms with Crippen molar-refractivity contribution in [3.63, 3.8) is 0 Å². The van der Waals surface area contributed by atoms with E-state index in [1.807, 2.05) is 21.4 Å². The Morgan fingerprint density at radius 2 is 2.15 bits per heavy atom. The highest BCUT2D eigenvalue weighted by atomic mass is 16.5. The minimum atomic E-state index is 0.145. The second-order valence-electron chi connectivity index (χ2n) is 5.41. The van der Waals surface area contributed by atoms with Gasteiger partial charge in [0.05, 0.1) is 26.3 Å². The number of aromatic nitrogens is 3.